The Morgan fingerprint density at radius 1 is 0.889 bits per heavy atom. The van der Waals surface area contributed by atoms with Gasteiger partial charge < -0.3 is 9.80 Å². The van der Waals surface area contributed by atoms with Gasteiger partial charge >= 0.3 is 0 Å². The van der Waals surface area contributed by atoms with Crippen LogP contribution >= 0.6 is 0 Å². The Morgan fingerprint density at radius 2 is 1.63 bits per heavy atom. The van der Waals surface area contributed by atoms with Crippen molar-refractivity contribution in [2.45, 2.75) is 38.5 Å². The minimum atomic E-state index is 0.122. The van der Waals surface area contributed by atoms with Crippen LogP contribution in [0.2, 0.25) is 0 Å². The number of benzene rings is 2. The molecule has 0 radical (unpaired) electrons. The fraction of sp³-hybridized carbons (Fsp3) is 0.478. The van der Waals surface area contributed by atoms with E-state index >= 15 is 0 Å². The van der Waals surface area contributed by atoms with Gasteiger partial charge in [0.15, 0.2) is 0 Å². The Kier molecular flexibility index (Phi) is 5.42. The van der Waals surface area contributed by atoms with Gasteiger partial charge in [-0.25, -0.2) is 0 Å². The summed E-state index contributed by atoms with van der Waals surface area (Å²) in [6.07, 6.45) is 5.96. The molecule has 2 fully saturated rings. The first kappa shape index (κ1) is 18.0. The van der Waals surface area contributed by atoms with Gasteiger partial charge in [0.2, 0.25) is 5.91 Å². The van der Waals surface area contributed by atoms with Crippen molar-refractivity contribution in [1.82, 2.24) is 9.80 Å². The Morgan fingerprint density at radius 3 is 2.44 bits per heavy atom. The molecule has 2 aromatic rings. The van der Waals surface area contributed by atoms with E-state index in [1.807, 2.05) is 40.1 Å². The van der Waals surface area contributed by atoms with Crippen LogP contribution < -0.4 is 0 Å². The summed E-state index contributed by atoms with van der Waals surface area (Å²) in [5.41, 5.74) is 0.766. The van der Waals surface area contributed by atoms with E-state index in [0.29, 0.717) is 18.2 Å². The lowest BCUT2D eigenvalue weighted by atomic mass is 9.92. The van der Waals surface area contributed by atoms with Crippen LogP contribution in [0.15, 0.2) is 42.5 Å². The lowest BCUT2D eigenvalue weighted by Gasteiger charge is -2.33. The van der Waals surface area contributed by atoms with Gasteiger partial charge in [-0.2, -0.15) is 0 Å². The molecule has 2 aromatic carbocycles. The molecule has 2 saturated heterocycles. The standard InChI is InChI=1S/C23H28N2O2/c26-22(24-13-3-4-14-24)12-9-18-6-5-15-25(17-18)23(27)21-11-10-19-7-1-2-8-20(19)16-21/h1-2,7-8,10-11,16,18H,3-6,9,12-15,17H2/t18-/m0/s1. The molecular weight excluding hydrogens is 336 g/mol. The van der Waals surface area contributed by atoms with E-state index in [1.54, 1.807) is 0 Å². The molecule has 4 nitrogen and oxygen atoms in total. The summed E-state index contributed by atoms with van der Waals surface area (Å²) in [4.78, 5) is 29.3. The molecule has 27 heavy (non-hydrogen) atoms. The summed E-state index contributed by atoms with van der Waals surface area (Å²) < 4.78 is 0. The second-order valence-electron chi connectivity index (χ2n) is 7.95. The van der Waals surface area contributed by atoms with Crippen LogP contribution in [0.3, 0.4) is 0 Å². The van der Waals surface area contributed by atoms with Crippen molar-refractivity contribution in [3.05, 3.63) is 48.0 Å². The summed E-state index contributed by atoms with van der Waals surface area (Å²) in [7, 11) is 0. The molecular formula is C23H28N2O2. The zero-order valence-corrected chi connectivity index (χ0v) is 15.9. The van der Waals surface area contributed by atoms with Crippen LogP contribution in [0.1, 0.15) is 48.9 Å². The van der Waals surface area contributed by atoms with Gasteiger partial charge in [-0.15, -0.1) is 0 Å². The van der Waals surface area contributed by atoms with Gasteiger partial charge in [-0.3, -0.25) is 9.59 Å². The maximum absolute atomic E-state index is 13.0. The number of fused-ring (bicyclic) bond motifs is 1. The van der Waals surface area contributed by atoms with Crippen LogP contribution in [0, 0.1) is 5.92 Å². The van der Waals surface area contributed by atoms with E-state index < -0.39 is 0 Å². The van der Waals surface area contributed by atoms with Gasteiger partial charge in [-0.05, 0) is 60.9 Å². The smallest absolute Gasteiger partial charge is 0.253 e. The number of rotatable bonds is 4. The van der Waals surface area contributed by atoms with Gasteiger partial charge in [-0.1, -0.05) is 30.3 Å². The SMILES string of the molecule is O=C(CC[C@@H]1CCCN(C(=O)c2ccc3ccccc3c2)C1)N1CCCC1. The molecule has 0 aliphatic carbocycles. The average Bonchev–Trinajstić information content (AvgIpc) is 3.26. The van der Waals surface area contributed by atoms with Crippen molar-refractivity contribution >= 4 is 22.6 Å². The van der Waals surface area contributed by atoms with Crippen molar-refractivity contribution in [1.29, 1.82) is 0 Å². The topological polar surface area (TPSA) is 40.6 Å². The summed E-state index contributed by atoms with van der Waals surface area (Å²) in [5, 5.41) is 2.26. The number of hydrogen-bond acceptors (Lipinski definition) is 2. The zero-order valence-electron chi connectivity index (χ0n) is 15.9. The number of amides is 2. The predicted molar refractivity (Wildman–Crippen MR) is 108 cm³/mol. The predicted octanol–water partition coefficient (Wildman–Crippen LogP) is 4.09. The van der Waals surface area contributed by atoms with Crippen LogP contribution in [-0.2, 0) is 4.79 Å². The molecule has 0 spiro atoms. The largest absolute Gasteiger partial charge is 0.343 e. The third-order valence-corrected chi connectivity index (χ3v) is 6.03. The van der Waals surface area contributed by atoms with Crippen LogP contribution in [0.4, 0.5) is 0 Å². The lowest BCUT2D eigenvalue weighted by Crippen LogP contribution is -2.40. The monoisotopic (exact) mass is 364 g/mol. The van der Waals surface area contributed by atoms with E-state index in [1.165, 1.54) is 0 Å². The number of likely N-dealkylation sites (tertiary alicyclic amines) is 2. The van der Waals surface area contributed by atoms with Gasteiger partial charge in [0.05, 0.1) is 0 Å². The first-order valence-corrected chi connectivity index (χ1v) is 10.3. The first-order chi connectivity index (χ1) is 13.2. The number of nitrogens with zero attached hydrogens (tertiary/aromatic N) is 2. The molecule has 0 N–H and O–H groups in total. The van der Waals surface area contributed by atoms with E-state index in [-0.39, 0.29) is 5.91 Å². The molecule has 142 valence electrons. The quantitative estimate of drug-likeness (QED) is 0.820. The first-order valence-electron chi connectivity index (χ1n) is 10.3. The fourth-order valence-electron chi connectivity index (χ4n) is 4.44. The number of hydrogen-bond donors (Lipinski definition) is 0. The molecule has 1 atom stereocenters. The van der Waals surface area contributed by atoms with Crippen molar-refractivity contribution in [3.8, 4) is 0 Å². The van der Waals surface area contributed by atoms with Crippen molar-refractivity contribution in [2.75, 3.05) is 26.2 Å². The van der Waals surface area contributed by atoms with Gasteiger partial charge in [0.25, 0.3) is 5.91 Å². The Balaban J connectivity index is 1.36. The van der Waals surface area contributed by atoms with Crippen molar-refractivity contribution in [2.24, 2.45) is 5.92 Å². The highest BCUT2D eigenvalue weighted by Crippen LogP contribution is 2.24. The van der Waals surface area contributed by atoms with Gasteiger partial charge in [0.1, 0.15) is 0 Å². The summed E-state index contributed by atoms with van der Waals surface area (Å²) >= 11 is 0. The molecule has 0 bridgehead atoms. The minimum Gasteiger partial charge on any atom is -0.343 e. The lowest BCUT2D eigenvalue weighted by molar-refractivity contribution is -0.130. The highest BCUT2D eigenvalue weighted by atomic mass is 16.2. The van der Waals surface area contributed by atoms with Crippen LogP contribution in [0.5, 0.6) is 0 Å². The molecule has 0 unspecified atom stereocenters. The minimum absolute atomic E-state index is 0.122. The molecule has 2 aliphatic rings. The molecule has 2 heterocycles. The highest BCUT2D eigenvalue weighted by Gasteiger charge is 2.26. The van der Waals surface area contributed by atoms with Gasteiger partial charge in [0, 0.05) is 38.2 Å². The molecule has 4 heteroatoms. The van der Waals surface area contributed by atoms with Crippen LogP contribution in [-0.4, -0.2) is 47.8 Å². The third-order valence-electron chi connectivity index (χ3n) is 6.03. The zero-order chi connectivity index (χ0) is 18.6. The number of carbonyl (C=O) groups excluding carboxylic acids is 2. The Bertz CT molecular complexity index is 826. The fourth-order valence-corrected chi connectivity index (χ4v) is 4.44. The number of carbonyl (C=O) groups is 2. The molecule has 2 amide bonds. The van der Waals surface area contributed by atoms with E-state index in [4.69, 9.17) is 0 Å². The number of piperidine rings is 1. The molecule has 0 aromatic heterocycles. The third kappa shape index (κ3) is 4.15. The van der Waals surface area contributed by atoms with Crippen molar-refractivity contribution < 1.29 is 9.59 Å². The second kappa shape index (κ2) is 8.12. The maximum atomic E-state index is 13.0. The Hall–Kier alpha value is -2.36. The summed E-state index contributed by atoms with van der Waals surface area (Å²) in [6.45, 7) is 3.45. The van der Waals surface area contributed by atoms with E-state index in [0.717, 1.165) is 74.6 Å². The summed E-state index contributed by atoms with van der Waals surface area (Å²) in [5.74, 6) is 0.858. The normalized spacial score (nSPS) is 20.2. The average molecular weight is 364 g/mol. The van der Waals surface area contributed by atoms with Crippen LogP contribution in [0.25, 0.3) is 10.8 Å². The van der Waals surface area contributed by atoms with E-state index in [2.05, 4.69) is 12.1 Å². The second-order valence-corrected chi connectivity index (χ2v) is 7.95. The van der Waals surface area contributed by atoms with E-state index in [9.17, 15) is 9.59 Å². The molecule has 4 rings (SSSR count). The Labute approximate surface area is 161 Å². The van der Waals surface area contributed by atoms with Crippen molar-refractivity contribution in [3.63, 3.8) is 0 Å². The highest BCUT2D eigenvalue weighted by molar-refractivity contribution is 5.98. The molecule has 2 aliphatic heterocycles. The maximum Gasteiger partial charge on any atom is 0.253 e. The molecule has 0 saturated carbocycles. The summed E-state index contributed by atoms with van der Waals surface area (Å²) in [6, 6.07) is 14.1.